The normalized spacial score (nSPS) is 29.9. The van der Waals surface area contributed by atoms with Crippen molar-refractivity contribution in [1.29, 1.82) is 0 Å². The standard InChI is InChI=1S/C18H28BF3N3OS/c1-19-15-11-23-16(27-15)24-17(26)25(13-5-3-2-4-6-13)14-9-7-12(8-10-14)18(20,21)22/h12-15H,2-11H2,1H3,(H,23,24,26). The van der Waals surface area contributed by atoms with E-state index in [1.54, 1.807) is 11.8 Å². The van der Waals surface area contributed by atoms with Crippen molar-refractivity contribution in [2.75, 3.05) is 6.54 Å². The lowest BCUT2D eigenvalue weighted by molar-refractivity contribution is -0.184. The van der Waals surface area contributed by atoms with Gasteiger partial charge in [-0.2, -0.15) is 13.2 Å². The summed E-state index contributed by atoms with van der Waals surface area (Å²) in [4.78, 5) is 19.3. The molecule has 0 saturated heterocycles. The van der Waals surface area contributed by atoms with Gasteiger partial charge in [0.25, 0.3) is 0 Å². The van der Waals surface area contributed by atoms with Gasteiger partial charge in [-0.05, 0) is 38.5 Å². The van der Waals surface area contributed by atoms with Gasteiger partial charge in [0, 0.05) is 23.8 Å². The van der Waals surface area contributed by atoms with Crippen LogP contribution in [0.3, 0.4) is 0 Å². The van der Waals surface area contributed by atoms with Crippen molar-refractivity contribution in [1.82, 2.24) is 10.2 Å². The highest BCUT2D eigenvalue weighted by molar-refractivity contribution is 8.15. The van der Waals surface area contributed by atoms with Crippen LogP contribution >= 0.6 is 11.8 Å². The quantitative estimate of drug-likeness (QED) is 0.700. The molecule has 0 aromatic carbocycles. The van der Waals surface area contributed by atoms with E-state index in [2.05, 4.69) is 17.6 Å². The van der Waals surface area contributed by atoms with E-state index >= 15 is 0 Å². The van der Waals surface area contributed by atoms with Gasteiger partial charge in [0.05, 0.1) is 5.92 Å². The van der Waals surface area contributed by atoms with Crippen LogP contribution < -0.4 is 5.32 Å². The lowest BCUT2D eigenvalue weighted by atomic mass is 9.77. The molecule has 0 aromatic heterocycles. The molecule has 0 spiro atoms. The fourth-order valence-electron chi connectivity index (χ4n) is 4.46. The number of nitrogens with zero attached hydrogens (tertiary/aromatic N) is 2. The number of aliphatic imine (C=N–C) groups is 1. The molecule has 27 heavy (non-hydrogen) atoms. The van der Waals surface area contributed by atoms with E-state index in [0.717, 1.165) is 25.7 Å². The summed E-state index contributed by atoms with van der Waals surface area (Å²) in [7, 11) is 2.06. The van der Waals surface area contributed by atoms with Gasteiger partial charge in [0.2, 0.25) is 0 Å². The van der Waals surface area contributed by atoms with E-state index in [9.17, 15) is 18.0 Å². The van der Waals surface area contributed by atoms with Crippen molar-refractivity contribution in [3.05, 3.63) is 0 Å². The third-order valence-electron chi connectivity index (χ3n) is 6.02. The number of halogens is 3. The third kappa shape index (κ3) is 5.36. The number of hydrogen-bond acceptors (Lipinski definition) is 3. The average molecular weight is 402 g/mol. The van der Waals surface area contributed by atoms with Crippen LogP contribution in [0.25, 0.3) is 0 Å². The number of thioether (sulfide) groups is 1. The highest BCUT2D eigenvalue weighted by Gasteiger charge is 2.44. The summed E-state index contributed by atoms with van der Waals surface area (Å²) in [5.41, 5.74) is 0. The molecule has 1 heterocycles. The molecule has 2 amide bonds. The molecule has 1 atom stereocenters. The lowest BCUT2D eigenvalue weighted by Crippen LogP contribution is -2.54. The molecule has 2 aliphatic carbocycles. The molecule has 151 valence electrons. The first-order valence-corrected chi connectivity index (χ1v) is 10.9. The second-order valence-corrected chi connectivity index (χ2v) is 9.04. The number of urea groups is 1. The molecule has 2 fully saturated rings. The number of amidine groups is 1. The molecule has 4 nitrogen and oxygen atoms in total. The fourth-order valence-corrected chi connectivity index (χ4v) is 5.33. The number of alkyl halides is 3. The number of amides is 2. The molecule has 1 aliphatic heterocycles. The minimum Gasteiger partial charge on any atom is -0.319 e. The maximum atomic E-state index is 13.1. The van der Waals surface area contributed by atoms with Crippen LogP contribution in [0.2, 0.25) is 6.82 Å². The highest BCUT2D eigenvalue weighted by atomic mass is 32.2. The van der Waals surface area contributed by atoms with Crippen molar-refractivity contribution in [2.24, 2.45) is 10.9 Å². The van der Waals surface area contributed by atoms with Crippen molar-refractivity contribution >= 4 is 30.2 Å². The largest absolute Gasteiger partial charge is 0.391 e. The second kappa shape index (κ2) is 9.10. The molecule has 3 aliphatic rings. The van der Waals surface area contributed by atoms with E-state index in [-0.39, 0.29) is 36.1 Å². The zero-order valence-corrected chi connectivity index (χ0v) is 16.6. The Morgan fingerprint density at radius 2 is 1.74 bits per heavy atom. The average Bonchev–Trinajstić information content (AvgIpc) is 3.10. The van der Waals surface area contributed by atoms with Gasteiger partial charge in [0.1, 0.15) is 7.28 Å². The van der Waals surface area contributed by atoms with E-state index in [1.807, 2.05) is 11.7 Å². The summed E-state index contributed by atoms with van der Waals surface area (Å²) in [6, 6.07) is -0.153. The molecule has 1 radical (unpaired) electrons. The number of carbonyl (C=O) groups is 1. The maximum absolute atomic E-state index is 13.1. The summed E-state index contributed by atoms with van der Waals surface area (Å²) in [5.74, 6) is -1.22. The fraction of sp³-hybridized carbons (Fsp3) is 0.889. The van der Waals surface area contributed by atoms with Gasteiger partial charge < -0.3 is 4.90 Å². The molecule has 1 N–H and O–H groups in total. The van der Waals surface area contributed by atoms with Crippen molar-refractivity contribution < 1.29 is 18.0 Å². The summed E-state index contributed by atoms with van der Waals surface area (Å²) in [6.07, 6.45) is 2.19. The predicted molar refractivity (Wildman–Crippen MR) is 104 cm³/mol. The molecular formula is C18H28BF3N3OS. The van der Waals surface area contributed by atoms with Crippen molar-refractivity contribution in [2.45, 2.75) is 88.0 Å². The van der Waals surface area contributed by atoms with Gasteiger partial charge in [-0.15, -0.1) is 0 Å². The molecule has 3 rings (SSSR count). The van der Waals surface area contributed by atoms with Gasteiger partial charge >= 0.3 is 12.2 Å². The predicted octanol–water partition coefficient (Wildman–Crippen LogP) is 4.63. The SMILES string of the molecule is C[B]C1CN=C(NC(=O)N(C2CCCCC2)C2CCC(C(F)(F)F)CC2)S1. The van der Waals surface area contributed by atoms with Gasteiger partial charge in [-0.25, -0.2) is 4.79 Å². The van der Waals surface area contributed by atoms with Gasteiger partial charge in [-0.3, -0.25) is 10.3 Å². The summed E-state index contributed by atoms with van der Waals surface area (Å²) < 4.78 is 39.0. The van der Waals surface area contributed by atoms with Crippen molar-refractivity contribution in [3.63, 3.8) is 0 Å². The number of nitrogens with one attached hydrogen (secondary N) is 1. The Balaban J connectivity index is 1.65. The van der Waals surface area contributed by atoms with Crippen LogP contribution in [-0.4, -0.2) is 53.3 Å². The first kappa shape index (κ1) is 20.9. The topological polar surface area (TPSA) is 44.7 Å². The monoisotopic (exact) mass is 402 g/mol. The Hall–Kier alpha value is -0.855. The second-order valence-electron chi connectivity index (χ2n) is 7.81. The minimum atomic E-state index is -4.12. The first-order chi connectivity index (χ1) is 12.9. The molecule has 9 heteroatoms. The van der Waals surface area contributed by atoms with E-state index in [4.69, 9.17) is 0 Å². The lowest BCUT2D eigenvalue weighted by Gasteiger charge is -2.43. The first-order valence-electron chi connectivity index (χ1n) is 10.0. The smallest absolute Gasteiger partial charge is 0.319 e. The van der Waals surface area contributed by atoms with Crippen LogP contribution in [0.5, 0.6) is 0 Å². The Morgan fingerprint density at radius 3 is 2.30 bits per heavy atom. The van der Waals surface area contributed by atoms with Crippen molar-refractivity contribution in [3.8, 4) is 0 Å². The number of rotatable bonds is 3. The Bertz CT molecular complexity index is 546. The van der Waals surface area contributed by atoms with E-state index in [0.29, 0.717) is 24.6 Å². The van der Waals surface area contributed by atoms with Crippen LogP contribution in [0.1, 0.15) is 57.8 Å². The Labute approximate surface area is 164 Å². The minimum absolute atomic E-state index is 0.104. The number of carbonyl (C=O) groups excluding carboxylic acids is 1. The van der Waals surface area contributed by atoms with Crippen LogP contribution in [-0.2, 0) is 0 Å². The zero-order valence-electron chi connectivity index (χ0n) is 15.8. The summed E-state index contributed by atoms with van der Waals surface area (Å²) in [6.45, 7) is 2.64. The maximum Gasteiger partial charge on any atom is 0.391 e. The zero-order chi connectivity index (χ0) is 19.4. The highest BCUT2D eigenvalue weighted by Crippen LogP contribution is 2.40. The Kier molecular flexibility index (Phi) is 7.03. The molecular weight excluding hydrogens is 374 g/mol. The van der Waals surface area contributed by atoms with Crippen LogP contribution in [0, 0.1) is 5.92 Å². The van der Waals surface area contributed by atoms with Crippen LogP contribution in [0.4, 0.5) is 18.0 Å². The van der Waals surface area contributed by atoms with Gasteiger partial charge in [0.15, 0.2) is 5.17 Å². The third-order valence-corrected chi connectivity index (χ3v) is 7.20. The Morgan fingerprint density at radius 1 is 1.11 bits per heavy atom. The van der Waals surface area contributed by atoms with E-state index < -0.39 is 12.1 Å². The molecule has 2 saturated carbocycles. The number of hydrogen-bond donors (Lipinski definition) is 1. The van der Waals surface area contributed by atoms with Crippen LogP contribution in [0.15, 0.2) is 4.99 Å². The summed E-state index contributed by atoms with van der Waals surface area (Å²) >= 11 is 1.54. The molecule has 1 unspecified atom stereocenters. The molecule has 0 bridgehead atoms. The summed E-state index contributed by atoms with van der Waals surface area (Å²) in [5, 5.41) is 3.85. The van der Waals surface area contributed by atoms with Gasteiger partial charge in [-0.1, -0.05) is 37.8 Å². The molecule has 0 aromatic rings. The van der Waals surface area contributed by atoms with E-state index in [1.165, 1.54) is 6.42 Å².